The standard InChI is InChI=1S/C17H29F4NO4S/c1-4-22(5-2)13(3)27(24,25)17(20,21)16(18,19)11-12-26-15(23)14-9-7-6-8-10-14/h13-14H,4-12H2,1-3H3. The minimum absolute atomic E-state index is 0.123. The summed E-state index contributed by atoms with van der Waals surface area (Å²) in [5.41, 5.74) is 0. The van der Waals surface area contributed by atoms with Crippen LogP contribution in [0.5, 0.6) is 0 Å². The van der Waals surface area contributed by atoms with Crippen LogP contribution >= 0.6 is 0 Å². The predicted octanol–water partition coefficient (Wildman–Crippen LogP) is 3.83. The molecule has 160 valence electrons. The molecule has 0 aromatic carbocycles. The molecule has 0 saturated heterocycles. The number of carbonyl (C=O) groups is 1. The molecular formula is C17H29F4NO4S. The first-order valence-corrected chi connectivity index (χ1v) is 10.9. The van der Waals surface area contributed by atoms with Crippen LogP contribution in [0.25, 0.3) is 0 Å². The van der Waals surface area contributed by atoms with E-state index in [0.717, 1.165) is 31.1 Å². The van der Waals surface area contributed by atoms with Gasteiger partial charge in [-0.1, -0.05) is 33.1 Å². The molecule has 27 heavy (non-hydrogen) atoms. The van der Waals surface area contributed by atoms with Crippen molar-refractivity contribution >= 4 is 15.8 Å². The van der Waals surface area contributed by atoms with Gasteiger partial charge in [-0.15, -0.1) is 0 Å². The molecule has 0 aromatic heterocycles. The van der Waals surface area contributed by atoms with E-state index >= 15 is 0 Å². The van der Waals surface area contributed by atoms with Crippen molar-refractivity contribution in [2.75, 3.05) is 19.7 Å². The van der Waals surface area contributed by atoms with Gasteiger partial charge in [-0.25, -0.2) is 8.42 Å². The SMILES string of the molecule is CCN(CC)C(C)S(=O)(=O)C(F)(F)C(F)(F)CCOC(=O)C1CCCCC1. The molecule has 1 aliphatic rings. The van der Waals surface area contributed by atoms with Gasteiger partial charge in [0.25, 0.3) is 0 Å². The van der Waals surface area contributed by atoms with Gasteiger partial charge < -0.3 is 4.74 Å². The summed E-state index contributed by atoms with van der Waals surface area (Å²) in [7, 11) is -5.49. The molecule has 1 fully saturated rings. The molecule has 1 aliphatic carbocycles. The summed E-state index contributed by atoms with van der Waals surface area (Å²) in [5, 5.41) is -7.03. The Kier molecular flexibility index (Phi) is 8.53. The van der Waals surface area contributed by atoms with Gasteiger partial charge in [-0.3, -0.25) is 9.69 Å². The summed E-state index contributed by atoms with van der Waals surface area (Å²) in [6.45, 7) is 3.37. The quantitative estimate of drug-likeness (QED) is 0.398. The van der Waals surface area contributed by atoms with Gasteiger partial charge in [0.05, 0.1) is 18.9 Å². The molecule has 0 radical (unpaired) electrons. The van der Waals surface area contributed by atoms with E-state index in [2.05, 4.69) is 0 Å². The van der Waals surface area contributed by atoms with Gasteiger partial charge >= 0.3 is 17.1 Å². The van der Waals surface area contributed by atoms with Crippen LogP contribution in [0, 0.1) is 5.92 Å². The van der Waals surface area contributed by atoms with E-state index in [9.17, 15) is 30.8 Å². The second-order valence-corrected chi connectivity index (χ2v) is 9.12. The van der Waals surface area contributed by atoms with Crippen LogP contribution in [0.3, 0.4) is 0 Å². The summed E-state index contributed by atoms with van der Waals surface area (Å²) in [5.74, 6) is -5.94. The van der Waals surface area contributed by atoms with Gasteiger partial charge in [0.2, 0.25) is 9.84 Å². The minimum atomic E-state index is -5.49. The summed E-state index contributed by atoms with van der Waals surface area (Å²) >= 11 is 0. The number of nitrogens with zero attached hydrogens (tertiary/aromatic N) is 1. The van der Waals surface area contributed by atoms with Crippen LogP contribution in [-0.2, 0) is 19.4 Å². The summed E-state index contributed by atoms with van der Waals surface area (Å²) < 4.78 is 85.6. The van der Waals surface area contributed by atoms with Crippen LogP contribution in [-0.4, -0.2) is 55.5 Å². The summed E-state index contributed by atoms with van der Waals surface area (Å²) in [6, 6.07) is 0. The van der Waals surface area contributed by atoms with E-state index in [4.69, 9.17) is 4.74 Å². The van der Waals surface area contributed by atoms with E-state index in [1.165, 1.54) is 0 Å². The van der Waals surface area contributed by atoms with Gasteiger partial charge in [-0.05, 0) is 32.9 Å². The average Bonchev–Trinajstić information content (AvgIpc) is 2.62. The highest BCUT2D eigenvalue weighted by Gasteiger charge is 2.66. The molecule has 1 rings (SSSR count). The molecular weight excluding hydrogens is 390 g/mol. The van der Waals surface area contributed by atoms with E-state index in [-0.39, 0.29) is 13.1 Å². The third kappa shape index (κ3) is 5.34. The average molecular weight is 419 g/mol. The maximum atomic E-state index is 14.2. The lowest BCUT2D eigenvalue weighted by atomic mass is 9.89. The monoisotopic (exact) mass is 419 g/mol. The van der Waals surface area contributed by atoms with Crippen LogP contribution in [0.1, 0.15) is 59.3 Å². The molecule has 0 aromatic rings. The molecule has 0 bridgehead atoms. The topological polar surface area (TPSA) is 63.7 Å². The van der Waals surface area contributed by atoms with Crippen LogP contribution in [0.2, 0.25) is 0 Å². The van der Waals surface area contributed by atoms with Gasteiger partial charge in [0.15, 0.2) is 0 Å². The molecule has 0 aliphatic heterocycles. The third-order valence-corrected chi connectivity index (χ3v) is 7.37. The Labute approximate surface area is 158 Å². The summed E-state index contributed by atoms with van der Waals surface area (Å²) in [6.07, 6.45) is 2.26. The van der Waals surface area contributed by atoms with Crippen LogP contribution in [0.4, 0.5) is 17.6 Å². The number of alkyl halides is 4. The van der Waals surface area contributed by atoms with E-state index in [1.54, 1.807) is 13.8 Å². The van der Waals surface area contributed by atoms with E-state index < -0.39 is 51.3 Å². The van der Waals surface area contributed by atoms with Crippen LogP contribution < -0.4 is 0 Å². The maximum Gasteiger partial charge on any atom is 0.408 e. The normalized spacial score (nSPS) is 18.5. The van der Waals surface area contributed by atoms with Crippen molar-refractivity contribution in [3.8, 4) is 0 Å². The number of hydrogen-bond acceptors (Lipinski definition) is 5. The lowest BCUT2D eigenvalue weighted by Crippen LogP contribution is -2.54. The number of rotatable bonds is 10. The zero-order chi connectivity index (χ0) is 20.9. The van der Waals surface area contributed by atoms with Gasteiger partial charge in [0, 0.05) is 0 Å². The Morgan fingerprint density at radius 2 is 1.63 bits per heavy atom. The molecule has 10 heteroatoms. The Balaban J connectivity index is 2.76. The highest BCUT2D eigenvalue weighted by molar-refractivity contribution is 7.93. The van der Waals surface area contributed by atoms with Crippen molar-refractivity contribution in [1.29, 1.82) is 0 Å². The summed E-state index contributed by atoms with van der Waals surface area (Å²) in [4.78, 5) is 13.0. The Hall–Kier alpha value is -0.900. The third-order valence-electron chi connectivity index (χ3n) is 5.16. The maximum absolute atomic E-state index is 14.2. The van der Waals surface area contributed by atoms with Gasteiger partial charge in [0.1, 0.15) is 5.37 Å². The smallest absolute Gasteiger partial charge is 0.408 e. The Bertz CT molecular complexity index is 588. The molecule has 0 spiro atoms. The van der Waals surface area contributed by atoms with Crippen LogP contribution in [0.15, 0.2) is 0 Å². The fraction of sp³-hybridized carbons (Fsp3) is 0.941. The number of ether oxygens (including phenoxy) is 1. The minimum Gasteiger partial charge on any atom is -0.465 e. The van der Waals surface area contributed by atoms with E-state index in [1.807, 2.05) is 0 Å². The molecule has 1 atom stereocenters. The Morgan fingerprint density at radius 1 is 1.11 bits per heavy atom. The van der Waals surface area contributed by atoms with Crippen molar-refractivity contribution in [3.05, 3.63) is 0 Å². The van der Waals surface area contributed by atoms with Crippen molar-refractivity contribution in [2.45, 2.75) is 75.8 Å². The van der Waals surface area contributed by atoms with Crippen molar-refractivity contribution in [3.63, 3.8) is 0 Å². The molecule has 0 heterocycles. The number of sulfone groups is 1. The largest absolute Gasteiger partial charge is 0.465 e. The van der Waals surface area contributed by atoms with Crippen molar-refractivity contribution in [1.82, 2.24) is 4.90 Å². The second-order valence-electron chi connectivity index (χ2n) is 6.84. The predicted molar refractivity (Wildman–Crippen MR) is 93.3 cm³/mol. The molecule has 5 nitrogen and oxygen atoms in total. The molecule has 0 N–H and O–H groups in total. The number of esters is 1. The fourth-order valence-corrected chi connectivity index (χ4v) is 4.88. The zero-order valence-corrected chi connectivity index (χ0v) is 16.8. The van der Waals surface area contributed by atoms with E-state index in [0.29, 0.717) is 12.8 Å². The number of halogens is 4. The molecule has 1 unspecified atom stereocenters. The number of hydrogen-bond donors (Lipinski definition) is 0. The first-order valence-electron chi connectivity index (χ1n) is 9.32. The van der Waals surface area contributed by atoms with Crippen molar-refractivity contribution in [2.24, 2.45) is 5.92 Å². The highest BCUT2D eigenvalue weighted by atomic mass is 32.2. The molecule has 0 amide bonds. The lowest BCUT2D eigenvalue weighted by Gasteiger charge is -2.33. The first-order chi connectivity index (χ1) is 12.4. The Morgan fingerprint density at radius 3 is 2.11 bits per heavy atom. The first kappa shape index (κ1) is 24.1. The number of carbonyl (C=O) groups excluding carboxylic acids is 1. The zero-order valence-electron chi connectivity index (χ0n) is 16.0. The highest BCUT2D eigenvalue weighted by Crippen LogP contribution is 2.43. The van der Waals surface area contributed by atoms with Gasteiger partial charge in [-0.2, -0.15) is 17.6 Å². The molecule has 1 saturated carbocycles. The van der Waals surface area contributed by atoms with Crippen molar-refractivity contribution < 1.29 is 35.5 Å². The fourth-order valence-electron chi connectivity index (χ4n) is 3.24. The second kappa shape index (κ2) is 9.54. The lowest BCUT2D eigenvalue weighted by molar-refractivity contribution is -0.174.